The number of hydrogen-bond acceptors (Lipinski definition) is 4. The molecule has 1 aromatic carbocycles. The molecule has 1 aliphatic rings. The number of nitrogens with zero attached hydrogens (tertiary/aromatic N) is 3. The van der Waals surface area contributed by atoms with E-state index in [0.29, 0.717) is 0 Å². The number of fused-ring (bicyclic) bond motifs is 1. The van der Waals surface area contributed by atoms with Gasteiger partial charge in [-0.05, 0) is 19.2 Å². The van der Waals surface area contributed by atoms with Crippen LogP contribution < -0.4 is 0 Å². The molecule has 0 spiro atoms. The molecule has 1 aromatic heterocycles. The lowest BCUT2D eigenvalue weighted by Crippen LogP contribution is -2.45. The summed E-state index contributed by atoms with van der Waals surface area (Å²) < 4.78 is 0. The molecule has 1 aliphatic heterocycles. The topological polar surface area (TPSA) is 35.2 Å². The Hall–Kier alpha value is -1.04. The van der Waals surface area contributed by atoms with Crippen LogP contribution in [0.4, 0.5) is 0 Å². The third-order valence-electron chi connectivity index (χ3n) is 3.61. The minimum Gasteiger partial charge on any atom is -0.333 e. The zero-order valence-electron chi connectivity index (χ0n) is 11.3. The van der Waals surface area contributed by atoms with Gasteiger partial charge in [0.15, 0.2) is 5.16 Å². The van der Waals surface area contributed by atoms with E-state index in [4.69, 9.17) is 0 Å². The molecule has 102 valence electrons. The van der Waals surface area contributed by atoms with Gasteiger partial charge in [0.1, 0.15) is 0 Å². The number of nitrogens with one attached hydrogen (secondary N) is 1. The molecule has 0 atom stereocenters. The lowest BCUT2D eigenvalue weighted by molar-refractivity contribution is 0.161. The highest BCUT2D eigenvalue weighted by molar-refractivity contribution is 7.99. The molecular weight excluding hydrogens is 256 g/mol. The summed E-state index contributed by atoms with van der Waals surface area (Å²) in [5, 5.41) is 1.04. The number of hydrogen-bond donors (Lipinski definition) is 1. The first-order valence-electron chi connectivity index (χ1n) is 6.80. The van der Waals surface area contributed by atoms with Crippen molar-refractivity contribution in [1.29, 1.82) is 0 Å². The molecule has 1 N–H and O–H groups in total. The fourth-order valence-corrected chi connectivity index (χ4v) is 3.23. The minimum atomic E-state index is 1.04. The van der Waals surface area contributed by atoms with Crippen molar-refractivity contribution in [3.63, 3.8) is 0 Å². The van der Waals surface area contributed by atoms with E-state index >= 15 is 0 Å². The molecule has 5 heteroatoms. The zero-order chi connectivity index (χ0) is 13.1. The third-order valence-corrected chi connectivity index (χ3v) is 4.46. The van der Waals surface area contributed by atoms with Gasteiger partial charge in [0.25, 0.3) is 0 Å². The summed E-state index contributed by atoms with van der Waals surface area (Å²) in [4.78, 5) is 12.9. The molecule has 3 rings (SSSR count). The normalized spacial score (nSPS) is 18.2. The van der Waals surface area contributed by atoms with E-state index in [1.807, 2.05) is 23.9 Å². The minimum absolute atomic E-state index is 1.04. The van der Waals surface area contributed by atoms with E-state index < -0.39 is 0 Å². The average molecular weight is 276 g/mol. The number of piperazine rings is 1. The van der Waals surface area contributed by atoms with Crippen LogP contribution in [0.25, 0.3) is 11.0 Å². The SMILES string of the molecule is CN1CCN(CCSc2nc3ccccc3[nH]2)CC1. The maximum Gasteiger partial charge on any atom is 0.166 e. The largest absolute Gasteiger partial charge is 0.333 e. The molecule has 2 aromatic rings. The average Bonchev–Trinajstić information content (AvgIpc) is 2.83. The fraction of sp³-hybridized carbons (Fsp3) is 0.500. The molecule has 0 radical (unpaired) electrons. The second-order valence-corrected chi connectivity index (χ2v) is 6.14. The molecule has 0 unspecified atom stereocenters. The Morgan fingerprint density at radius 3 is 2.79 bits per heavy atom. The first-order chi connectivity index (χ1) is 9.31. The van der Waals surface area contributed by atoms with Crippen molar-refractivity contribution in [3.05, 3.63) is 24.3 Å². The number of rotatable bonds is 4. The highest BCUT2D eigenvalue weighted by atomic mass is 32.2. The van der Waals surface area contributed by atoms with Gasteiger partial charge in [-0.15, -0.1) is 0 Å². The van der Waals surface area contributed by atoms with E-state index in [2.05, 4.69) is 38.9 Å². The van der Waals surface area contributed by atoms with E-state index in [1.54, 1.807) is 0 Å². The Bertz CT molecular complexity index is 498. The molecule has 1 fully saturated rings. The Balaban J connectivity index is 1.49. The van der Waals surface area contributed by atoms with Gasteiger partial charge in [-0.1, -0.05) is 23.9 Å². The Kier molecular flexibility index (Phi) is 4.06. The highest BCUT2D eigenvalue weighted by Crippen LogP contribution is 2.19. The summed E-state index contributed by atoms with van der Waals surface area (Å²) in [5.74, 6) is 1.10. The fourth-order valence-electron chi connectivity index (χ4n) is 2.34. The van der Waals surface area contributed by atoms with Crippen molar-refractivity contribution in [3.8, 4) is 0 Å². The molecule has 0 amide bonds. The van der Waals surface area contributed by atoms with Crippen LogP contribution in [-0.4, -0.2) is 65.3 Å². The van der Waals surface area contributed by atoms with Crippen LogP contribution >= 0.6 is 11.8 Å². The van der Waals surface area contributed by atoms with E-state index in [-0.39, 0.29) is 0 Å². The van der Waals surface area contributed by atoms with Crippen molar-refractivity contribution in [2.45, 2.75) is 5.16 Å². The maximum atomic E-state index is 4.59. The summed E-state index contributed by atoms with van der Waals surface area (Å²) >= 11 is 1.82. The Morgan fingerprint density at radius 1 is 1.21 bits per heavy atom. The molecular formula is C14H20N4S. The van der Waals surface area contributed by atoms with Crippen molar-refractivity contribution >= 4 is 22.8 Å². The van der Waals surface area contributed by atoms with Crippen LogP contribution in [0.5, 0.6) is 0 Å². The molecule has 0 saturated carbocycles. The van der Waals surface area contributed by atoms with Gasteiger partial charge in [0, 0.05) is 38.5 Å². The number of para-hydroxylation sites is 2. The van der Waals surface area contributed by atoms with Gasteiger partial charge in [-0.3, -0.25) is 4.90 Å². The number of likely N-dealkylation sites (N-methyl/N-ethyl adjacent to an activating group) is 1. The number of aromatic nitrogens is 2. The lowest BCUT2D eigenvalue weighted by atomic mass is 10.3. The van der Waals surface area contributed by atoms with Gasteiger partial charge in [-0.25, -0.2) is 4.98 Å². The number of H-pyrrole nitrogens is 1. The smallest absolute Gasteiger partial charge is 0.166 e. The molecule has 0 aliphatic carbocycles. The van der Waals surface area contributed by atoms with Crippen molar-refractivity contribution < 1.29 is 0 Å². The van der Waals surface area contributed by atoms with Gasteiger partial charge in [0.2, 0.25) is 0 Å². The summed E-state index contributed by atoms with van der Waals surface area (Å²) in [6, 6.07) is 8.20. The van der Waals surface area contributed by atoms with E-state index in [1.165, 1.54) is 26.2 Å². The number of benzene rings is 1. The standard InChI is InChI=1S/C14H20N4S/c1-17-6-8-18(9-7-17)10-11-19-14-15-12-4-2-3-5-13(12)16-14/h2-5H,6-11H2,1H3,(H,15,16). The van der Waals surface area contributed by atoms with Crippen LogP contribution in [-0.2, 0) is 0 Å². The lowest BCUT2D eigenvalue weighted by Gasteiger charge is -2.32. The summed E-state index contributed by atoms with van der Waals surface area (Å²) in [6.45, 7) is 5.91. The van der Waals surface area contributed by atoms with Crippen molar-refractivity contribution in [2.24, 2.45) is 0 Å². The van der Waals surface area contributed by atoms with Crippen LogP contribution in [0, 0.1) is 0 Å². The number of aromatic amines is 1. The summed E-state index contributed by atoms with van der Waals surface area (Å²) in [6.07, 6.45) is 0. The molecule has 19 heavy (non-hydrogen) atoms. The molecule has 2 heterocycles. The molecule has 0 bridgehead atoms. The highest BCUT2D eigenvalue weighted by Gasteiger charge is 2.13. The van der Waals surface area contributed by atoms with Crippen molar-refractivity contribution in [2.75, 3.05) is 45.5 Å². The van der Waals surface area contributed by atoms with E-state index in [0.717, 1.165) is 28.5 Å². The zero-order valence-corrected chi connectivity index (χ0v) is 12.1. The monoisotopic (exact) mass is 276 g/mol. The second-order valence-electron chi connectivity index (χ2n) is 5.05. The Morgan fingerprint density at radius 2 is 2.00 bits per heavy atom. The summed E-state index contributed by atoms with van der Waals surface area (Å²) in [5.41, 5.74) is 2.19. The quantitative estimate of drug-likeness (QED) is 0.865. The second kappa shape index (κ2) is 5.94. The van der Waals surface area contributed by atoms with Crippen LogP contribution in [0.1, 0.15) is 0 Å². The van der Waals surface area contributed by atoms with Crippen LogP contribution in [0.15, 0.2) is 29.4 Å². The van der Waals surface area contributed by atoms with E-state index in [9.17, 15) is 0 Å². The van der Waals surface area contributed by atoms with Gasteiger partial charge >= 0.3 is 0 Å². The first-order valence-corrected chi connectivity index (χ1v) is 7.78. The van der Waals surface area contributed by atoms with Gasteiger partial charge in [0.05, 0.1) is 11.0 Å². The molecule has 4 nitrogen and oxygen atoms in total. The predicted octanol–water partition coefficient (Wildman–Crippen LogP) is 1.90. The number of imidazole rings is 1. The third kappa shape index (κ3) is 3.29. The first kappa shape index (κ1) is 13.0. The van der Waals surface area contributed by atoms with Gasteiger partial charge in [-0.2, -0.15) is 0 Å². The Labute approximate surface area is 118 Å². The van der Waals surface area contributed by atoms with Crippen molar-refractivity contribution in [1.82, 2.24) is 19.8 Å². The van der Waals surface area contributed by atoms with Crippen LogP contribution in [0.2, 0.25) is 0 Å². The summed E-state index contributed by atoms with van der Waals surface area (Å²) in [7, 11) is 2.19. The number of thioether (sulfide) groups is 1. The van der Waals surface area contributed by atoms with Crippen LogP contribution in [0.3, 0.4) is 0 Å². The van der Waals surface area contributed by atoms with Gasteiger partial charge < -0.3 is 9.88 Å². The predicted molar refractivity (Wildman–Crippen MR) is 80.8 cm³/mol. The maximum absolute atomic E-state index is 4.59. The molecule has 1 saturated heterocycles.